The second-order valence-corrected chi connectivity index (χ2v) is 8.26. The van der Waals surface area contributed by atoms with Crippen LogP contribution in [0, 0.1) is 10.1 Å². The Morgan fingerprint density at radius 3 is 2.73 bits per heavy atom. The minimum Gasteiger partial charge on any atom is -0.449 e. The van der Waals surface area contributed by atoms with E-state index in [1.165, 1.54) is 24.6 Å². The van der Waals surface area contributed by atoms with Crippen LogP contribution in [0.5, 0.6) is 0 Å². The molecule has 4 rings (SSSR count). The molecule has 1 amide bonds. The lowest BCUT2D eigenvalue weighted by Crippen LogP contribution is -2.39. The van der Waals surface area contributed by atoms with Crippen LogP contribution in [0.2, 0.25) is 0 Å². The van der Waals surface area contributed by atoms with E-state index in [1.54, 1.807) is 6.07 Å². The Balaban J connectivity index is 1.47. The summed E-state index contributed by atoms with van der Waals surface area (Å²) in [6, 6.07) is 12.2. The number of esters is 1. The number of morpholine rings is 1. The number of nitro groups is 1. The van der Waals surface area contributed by atoms with Crippen molar-refractivity contribution >= 4 is 23.3 Å². The van der Waals surface area contributed by atoms with Gasteiger partial charge in [0.1, 0.15) is 5.56 Å². The highest BCUT2D eigenvalue weighted by atomic mass is 16.6. The van der Waals surface area contributed by atoms with Crippen LogP contribution >= 0.6 is 0 Å². The van der Waals surface area contributed by atoms with Crippen molar-refractivity contribution in [3.63, 3.8) is 0 Å². The van der Waals surface area contributed by atoms with E-state index < -0.39 is 22.9 Å². The van der Waals surface area contributed by atoms with Crippen molar-refractivity contribution in [1.29, 1.82) is 0 Å². The molecule has 0 radical (unpaired) electrons. The number of amides is 1. The molecule has 2 atom stereocenters. The van der Waals surface area contributed by atoms with Gasteiger partial charge in [-0.05, 0) is 49.4 Å². The third-order valence-electron chi connectivity index (χ3n) is 6.11. The van der Waals surface area contributed by atoms with Gasteiger partial charge in [0.05, 0.1) is 24.2 Å². The number of carbonyl (C=O) groups is 2. The first-order valence-electron chi connectivity index (χ1n) is 11.1. The number of ether oxygens (including phenoxy) is 2. The van der Waals surface area contributed by atoms with Crippen molar-refractivity contribution in [3.05, 3.63) is 69.3 Å². The maximum absolute atomic E-state index is 12.9. The predicted octanol–water partition coefficient (Wildman–Crippen LogP) is 3.17. The zero-order chi connectivity index (χ0) is 23.4. The van der Waals surface area contributed by atoms with E-state index >= 15 is 0 Å². The maximum atomic E-state index is 12.9. The van der Waals surface area contributed by atoms with Crippen molar-refractivity contribution < 1.29 is 24.0 Å². The van der Waals surface area contributed by atoms with Crippen LogP contribution < -0.4 is 10.2 Å². The lowest BCUT2D eigenvalue weighted by Gasteiger charge is -2.29. The van der Waals surface area contributed by atoms with Crippen LogP contribution in [0.3, 0.4) is 0 Å². The molecule has 174 valence electrons. The lowest BCUT2D eigenvalue weighted by atomic mass is 9.87. The molecule has 1 N–H and O–H groups in total. The van der Waals surface area contributed by atoms with E-state index in [0.717, 1.165) is 24.8 Å². The summed E-state index contributed by atoms with van der Waals surface area (Å²) in [5.74, 6) is -1.33. The van der Waals surface area contributed by atoms with Gasteiger partial charge in [0, 0.05) is 24.8 Å². The number of nitro benzene ring substituents is 1. The van der Waals surface area contributed by atoms with E-state index in [9.17, 15) is 19.7 Å². The Bertz CT molecular complexity index is 1050. The smallest absolute Gasteiger partial charge is 0.346 e. The highest BCUT2D eigenvalue weighted by Crippen LogP contribution is 2.30. The number of carbonyl (C=O) groups excluding carboxylic acids is 2. The lowest BCUT2D eigenvalue weighted by molar-refractivity contribution is -0.385. The van der Waals surface area contributed by atoms with E-state index in [-0.39, 0.29) is 17.3 Å². The molecule has 9 nitrogen and oxygen atoms in total. The minimum atomic E-state index is -1.10. The fourth-order valence-electron chi connectivity index (χ4n) is 4.34. The summed E-state index contributed by atoms with van der Waals surface area (Å²) in [7, 11) is 0. The first-order valence-corrected chi connectivity index (χ1v) is 11.1. The zero-order valence-corrected chi connectivity index (χ0v) is 18.5. The SMILES string of the molecule is C[C@H](OC(=O)c1cc(N2CCOCC2)ccc1[N+](=O)[O-])C(=O)N[C@H]1CCCc2ccccc21. The minimum absolute atomic E-state index is 0.150. The van der Waals surface area contributed by atoms with Crippen molar-refractivity contribution in [1.82, 2.24) is 5.32 Å². The number of fused-ring (bicyclic) bond motifs is 1. The number of nitrogens with one attached hydrogen (secondary N) is 1. The van der Waals surface area contributed by atoms with Crippen molar-refractivity contribution in [2.45, 2.75) is 38.3 Å². The molecule has 0 spiro atoms. The van der Waals surface area contributed by atoms with Gasteiger partial charge in [-0.15, -0.1) is 0 Å². The van der Waals surface area contributed by atoms with Gasteiger partial charge in [0.2, 0.25) is 0 Å². The van der Waals surface area contributed by atoms with E-state index in [0.29, 0.717) is 32.0 Å². The average Bonchev–Trinajstić information content (AvgIpc) is 2.84. The molecule has 0 saturated carbocycles. The summed E-state index contributed by atoms with van der Waals surface area (Å²) in [6.07, 6.45) is 1.63. The molecule has 2 aromatic rings. The molecule has 9 heteroatoms. The Morgan fingerprint density at radius 2 is 1.97 bits per heavy atom. The van der Waals surface area contributed by atoms with Crippen LogP contribution in [0.15, 0.2) is 42.5 Å². The van der Waals surface area contributed by atoms with Crippen LogP contribution in [-0.2, 0) is 20.7 Å². The molecule has 2 aromatic carbocycles. The summed E-state index contributed by atoms with van der Waals surface area (Å²) in [5.41, 5.74) is 2.42. The van der Waals surface area contributed by atoms with Gasteiger partial charge in [0.25, 0.3) is 11.6 Å². The van der Waals surface area contributed by atoms with Crippen LogP contribution in [0.4, 0.5) is 11.4 Å². The van der Waals surface area contributed by atoms with Gasteiger partial charge < -0.3 is 19.7 Å². The van der Waals surface area contributed by atoms with E-state index in [2.05, 4.69) is 11.4 Å². The molecule has 1 saturated heterocycles. The molecule has 0 aromatic heterocycles. The predicted molar refractivity (Wildman–Crippen MR) is 121 cm³/mol. The normalized spacial score (nSPS) is 18.7. The molecule has 1 heterocycles. The summed E-state index contributed by atoms with van der Waals surface area (Å²) in [6.45, 7) is 3.79. The van der Waals surface area contributed by atoms with Crippen LogP contribution in [-0.4, -0.2) is 49.2 Å². The molecular weight excluding hydrogens is 426 g/mol. The van der Waals surface area contributed by atoms with Gasteiger partial charge in [0.15, 0.2) is 6.10 Å². The van der Waals surface area contributed by atoms with Gasteiger partial charge >= 0.3 is 5.97 Å². The van der Waals surface area contributed by atoms with Crippen LogP contribution in [0.1, 0.15) is 47.3 Å². The number of anilines is 1. The molecule has 1 aliphatic heterocycles. The largest absolute Gasteiger partial charge is 0.449 e. The molecule has 1 aliphatic carbocycles. The number of rotatable bonds is 6. The molecule has 0 unspecified atom stereocenters. The highest BCUT2D eigenvalue weighted by Gasteiger charge is 2.29. The van der Waals surface area contributed by atoms with Crippen LogP contribution in [0.25, 0.3) is 0 Å². The Kier molecular flexibility index (Phi) is 6.88. The number of hydrogen-bond donors (Lipinski definition) is 1. The second kappa shape index (κ2) is 9.99. The third-order valence-corrected chi connectivity index (χ3v) is 6.11. The Labute approximate surface area is 191 Å². The average molecular weight is 453 g/mol. The first-order chi connectivity index (χ1) is 15.9. The zero-order valence-electron chi connectivity index (χ0n) is 18.5. The van der Waals surface area contributed by atoms with E-state index in [1.807, 2.05) is 23.1 Å². The Hall–Kier alpha value is -3.46. The molecule has 0 bridgehead atoms. The van der Waals surface area contributed by atoms with Crippen molar-refractivity contribution in [2.24, 2.45) is 0 Å². The first kappa shape index (κ1) is 22.7. The maximum Gasteiger partial charge on any atom is 0.346 e. The van der Waals surface area contributed by atoms with Crippen molar-refractivity contribution in [3.8, 4) is 0 Å². The van der Waals surface area contributed by atoms with Gasteiger partial charge in [-0.2, -0.15) is 0 Å². The fourth-order valence-corrected chi connectivity index (χ4v) is 4.34. The number of nitrogens with zero attached hydrogens (tertiary/aromatic N) is 2. The Morgan fingerprint density at radius 1 is 1.21 bits per heavy atom. The van der Waals surface area contributed by atoms with E-state index in [4.69, 9.17) is 9.47 Å². The summed E-state index contributed by atoms with van der Waals surface area (Å²) in [4.78, 5) is 38.5. The van der Waals surface area contributed by atoms with Gasteiger partial charge in [-0.1, -0.05) is 24.3 Å². The highest BCUT2D eigenvalue weighted by molar-refractivity contribution is 5.97. The quantitative estimate of drug-likeness (QED) is 0.406. The molecule has 2 aliphatic rings. The summed E-state index contributed by atoms with van der Waals surface area (Å²) < 4.78 is 10.7. The standard InChI is InChI=1S/C24H27N3O6/c1-16(23(28)25-21-8-4-6-17-5-2-3-7-19(17)21)33-24(29)20-15-18(9-10-22(20)27(30)31)26-11-13-32-14-12-26/h2-3,5,7,9-10,15-16,21H,4,6,8,11-14H2,1H3,(H,25,28)/t16-,21-/m0/s1. The number of aryl methyl sites for hydroxylation is 1. The van der Waals surface area contributed by atoms with Gasteiger partial charge in [-0.3, -0.25) is 14.9 Å². The molecule has 1 fully saturated rings. The summed E-state index contributed by atoms with van der Waals surface area (Å²) in [5, 5.41) is 14.5. The monoisotopic (exact) mass is 453 g/mol. The number of hydrogen-bond acceptors (Lipinski definition) is 7. The third kappa shape index (κ3) is 5.14. The summed E-state index contributed by atoms with van der Waals surface area (Å²) >= 11 is 0. The van der Waals surface area contributed by atoms with Gasteiger partial charge in [-0.25, -0.2) is 4.79 Å². The number of benzene rings is 2. The second-order valence-electron chi connectivity index (χ2n) is 8.26. The fraction of sp³-hybridized carbons (Fsp3) is 0.417. The topological polar surface area (TPSA) is 111 Å². The van der Waals surface area contributed by atoms with Crippen molar-refractivity contribution in [2.75, 3.05) is 31.2 Å². The molecular formula is C24H27N3O6. The molecule has 33 heavy (non-hydrogen) atoms.